The third kappa shape index (κ3) is 1.76. The van der Waals surface area contributed by atoms with Gasteiger partial charge in [-0.05, 0) is 48.5 Å². The van der Waals surface area contributed by atoms with E-state index >= 15 is 0 Å². The molecule has 1 saturated heterocycles. The second-order valence-electron chi connectivity index (χ2n) is 6.84. The van der Waals surface area contributed by atoms with E-state index in [1.54, 1.807) is 0 Å². The van der Waals surface area contributed by atoms with Crippen molar-refractivity contribution >= 4 is 29.5 Å². The van der Waals surface area contributed by atoms with Crippen LogP contribution in [0.5, 0.6) is 0 Å². The molecule has 2 amide bonds. The van der Waals surface area contributed by atoms with Crippen LogP contribution in [0.4, 0.5) is 0 Å². The summed E-state index contributed by atoms with van der Waals surface area (Å²) in [6, 6.07) is -1.01. The molecule has 1 N–H and O–H groups in total. The Morgan fingerprint density at radius 3 is 2.27 bits per heavy atom. The first-order valence-corrected chi connectivity index (χ1v) is 9.22. The van der Waals surface area contributed by atoms with Crippen LogP contribution in [0.2, 0.25) is 0 Å². The summed E-state index contributed by atoms with van der Waals surface area (Å²) in [6.07, 6.45) is 7.54. The minimum Gasteiger partial charge on any atom is -0.480 e. The van der Waals surface area contributed by atoms with Gasteiger partial charge in [-0.3, -0.25) is 14.5 Å². The van der Waals surface area contributed by atoms with Crippen molar-refractivity contribution < 1.29 is 19.5 Å². The quantitative estimate of drug-likeness (QED) is 0.609. The molecular formula is C16H19NO4S. The van der Waals surface area contributed by atoms with Gasteiger partial charge in [-0.15, -0.1) is 0 Å². The fraction of sp³-hybridized carbons (Fsp3) is 0.688. The van der Waals surface area contributed by atoms with E-state index in [9.17, 15) is 19.5 Å². The number of carboxylic acid groups (broad SMARTS) is 1. The van der Waals surface area contributed by atoms with Crippen LogP contribution in [0.3, 0.4) is 0 Å². The van der Waals surface area contributed by atoms with Gasteiger partial charge in [0.2, 0.25) is 11.8 Å². The van der Waals surface area contributed by atoms with Crippen LogP contribution < -0.4 is 0 Å². The standard InChI is InChI=1S/C16H19NO4S/c1-22-5-4-11(16(20)21)17-14(18)12-7-2-3-8(10-6-9(7)10)13(12)15(17)19/h2-3,7-13H,4-6H2,1H3,(H,20,21)/t7-,8-,9-,10-,11+,12-,13+/m0/s1. The van der Waals surface area contributed by atoms with Gasteiger partial charge in [0.15, 0.2) is 0 Å². The zero-order chi connectivity index (χ0) is 15.6. The molecule has 0 spiro atoms. The predicted octanol–water partition coefficient (Wildman–Crippen LogP) is 1.25. The Labute approximate surface area is 133 Å². The Morgan fingerprint density at radius 1 is 1.27 bits per heavy atom. The molecule has 4 aliphatic carbocycles. The van der Waals surface area contributed by atoms with Crippen LogP contribution in [0.1, 0.15) is 12.8 Å². The molecular weight excluding hydrogens is 302 g/mol. The van der Waals surface area contributed by atoms with E-state index < -0.39 is 12.0 Å². The van der Waals surface area contributed by atoms with Gasteiger partial charge in [0.05, 0.1) is 11.8 Å². The van der Waals surface area contributed by atoms with Crippen LogP contribution in [0, 0.1) is 35.5 Å². The lowest BCUT2D eigenvalue weighted by Gasteiger charge is -2.37. The highest BCUT2D eigenvalue weighted by atomic mass is 32.2. The number of carboxylic acids is 1. The molecule has 0 aromatic rings. The molecule has 0 aromatic heterocycles. The Balaban J connectivity index is 1.65. The van der Waals surface area contributed by atoms with Crippen molar-refractivity contribution in [2.45, 2.75) is 18.9 Å². The number of carbonyl (C=O) groups is 3. The molecule has 3 fully saturated rings. The molecule has 22 heavy (non-hydrogen) atoms. The van der Waals surface area contributed by atoms with Crippen LogP contribution in [-0.4, -0.2) is 45.8 Å². The highest BCUT2D eigenvalue weighted by Gasteiger charge is 2.67. The number of nitrogens with zero attached hydrogens (tertiary/aromatic N) is 1. The molecule has 2 saturated carbocycles. The van der Waals surface area contributed by atoms with Crippen molar-refractivity contribution in [2.75, 3.05) is 12.0 Å². The molecule has 2 bridgehead atoms. The van der Waals surface area contributed by atoms with Gasteiger partial charge < -0.3 is 5.11 Å². The third-order valence-corrected chi connectivity index (χ3v) is 6.53. The summed E-state index contributed by atoms with van der Waals surface area (Å²) in [6.45, 7) is 0. The number of allylic oxidation sites excluding steroid dienone is 2. The maximum Gasteiger partial charge on any atom is 0.326 e. The maximum atomic E-state index is 12.8. The topological polar surface area (TPSA) is 74.7 Å². The van der Waals surface area contributed by atoms with E-state index in [0.717, 1.165) is 11.3 Å². The summed E-state index contributed by atoms with van der Waals surface area (Å²) in [5.74, 6) is -0.150. The lowest BCUT2D eigenvalue weighted by atomic mass is 9.63. The Kier molecular flexibility index (Phi) is 3.15. The van der Waals surface area contributed by atoms with Gasteiger partial charge in [0, 0.05) is 0 Å². The number of imide groups is 1. The fourth-order valence-electron chi connectivity index (χ4n) is 4.88. The summed E-state index contributed by atoms with van der Waals surface area (Å²) in [5, 5.41) is 9.47. The monoisotopic (exact) mass is 321 g/mol. The van der Waals surface area contributed by atoms with Crippen molar-refractivity contribution in [3.63, 3.8) is 0 Å². The SMILES string of the molecule is CSCC[C@H](C(=O)O)N1C(=O)[C@@H]2[C@H]3C=C[C@@H]([C@@H]4C[C@@H]34)[C@@H]2C1=O. The molecule has 118 valence electrons. The highest BCUT2D eigenvalue weighted by Crippen LogP contribution is 2.65. The summed E-state index contributed by atoms with van der Waals surface area (Å²) >= 11 is 1.53. The lowest BCUT2D eigenvalue weighted by Crippen LogP contribution is -2.46. The molecule has 0 aromatic carbocycles. The first-order valence-electron chi connectivity index (χ1n) is 7.83. The lowest BCUT2D eigenvalue weighted by molar-refractivity contribution is -0.155. The molecule has 1 aliphatic heterocycles. The van der Waals surface area contributed by atoms with Crippen molar-refractivity contribution in [3.8, 4) is 0 Å². The zero-order valence-electron chi connectivity index (χ0n) is 12.3. The van der Waals surface area contributed by atoms with Gasteiger partial charge in [0.1, 0.15) is 6.04 Å². The summed E-state index contributed by atoms with van der Waals surface area (Å²) < 4.78 is 0. The fourth-order valence-corrected chi connectivity index (χ4v) is 5.34. The van der Waals surface area contributed by atoms with E-state index in [4.69, 9.17) is 0 Å². The number of thioether (sulfide) groups is 1. The Morgan fingerprint density at radius 2 is 1.82 bits per heavy atom. The van der Waals surface area contributed by atoms with E-state index in [0.29, 0.717) is 24.0 Å². The third-order valence-electron chi connectivity index (χ3n) is 5.89. The van der Waals surface area contributed by atoms with E-state index in [2.05, 4.69) is 12.2 Å². The summed E-state index contributed by atoms with van der Waals surface area (Å²) in [4.78, 5) is 38.3. The second kappa shape index (κ2) is 4.85. The minimum absolute atomic E-state index is 0.149. The molecule has 5 rings (SSSR count). The second-order valence-corrected chi connectivity index (χ2v) is 7.82. The van der Waals surface area contributed by atoms with Crippen LogP contribution in [-0.2, 0) is 14.4 Å². The van der Waals surface area contributed by atoms with Gasteiger partial charge in [-0.1, -0.05) is 12.2 Å². The molecule has 7 atom stereocenters. The number of carbonyl (C=O) groups excluding carboxylic acids is 2. The normalized spacial score (nSPS) is 42.3. The number of hydrogen-bond acceptors (Lipinski definition) is 4. The first kappa shape index (κ1) is 14.3. The minimum atomic E-state index is -1.07. The predicted molar refractivity (Wildman–Crippen MR) is 81.0 cm³/mol. The smallest absolute Gasteiger partial charge is 0.326 e. The van der Waals surface area contributed by atoms with E-state index in [1.807, 2.05) is 6.26 Å². The summed E-state index contributed by atoms with van der Waals surface area (Å²) in [5.41, 5.74) is 0. The molecule has 0 radical (unpaired) electrons. The van der Waals surface area contributed by atoms with Crippen molar-refractivity contribution in [2.24, 2.45) is 35.5 Å². The molecule has 6 heteroatoms. The van der Waals surface area contributed by atoms with Gasteiger partial charge >= 0.3 is 5.97 Å². The maximum absolute atomic E-state index is 12.8. The van der Waals surface area contributed by atoms with Gasteiger partial charge in [0.25, 0.3) is 0 Å². The average Bonchev–Trinajstić information content (AvgIpc) is 3.27. The van der Waals surface area contributed by atoms with Crippen molar-refractivity contribution in [3.05, 3.63) is 12.2 Å². The van der Waals surface area contributed by atoms with Crippen LogP contribution in [0.25, 0.3) is 0 Å². The van der Waals surface area contributed by atoms with Crippen molar-refractivity contribution in [1.82, 2.24) is 4.90 Å². The number of amides is 2. The largest absolute Gasteiger partial charge is 0.480 e. The Hall–Kier alpha value is -1.30. The zero-order valence-corrected chi connectivity index (χ0v) is 13.2. The van der Waals surface area contributed by atoms with Crippen LogP contribution >= 0.6 is 11.8 Å². The molecule has 5 aliphatic rings. The molecule has 0 unspecified atom stereocenters. The average molecular weight is 321 g/mol. The molecule has 5 nitrogen and oxygen atoms in total. The van der Waals surface area contributed by atoms with Crippen LogP contribution in [0.15, 0.2) is 12.2 Å². The van der Waals surface area contributed by atoms with Gasteiger partial charge in [-0.25, -0.2) is 4.79 Å². The highest BCUT2D eigenvalue weighted by molar-refractivity contribution is 7.98. The number of hydrogen-bond donors (Lipinski definition) is 1. The summed E-state index contributed by atoms with van der Waals surface area (Å²) in [7, 11) is 0. The molecule has 1 heterocycles. The number of likely N-dealkylation sites (tertiary alicyclic amines) is 1. The number of aliphatic carboxylic acids is 1. The Bertz CT molecular complexity index is 553. The number of rotatable bonds is 5. The van der Waals surface area contributed by atoms with Crippen molar-refractivity contribution in [1.29, 1.82) is 0 Å². The van der Waals surface area contributed by atoms with Gasteiger partial charge in [-0.2, -0.15) is 11.8 Å². The van der Waals surface area contributed by atoms with E-state index in [1.165, 1.54) is 11.8 Å². The van der Waals surface area contributed by atoms with E-state index in [-0.39, 0.29) is 35.5 Å². The first-order chi connectivity index (χ1) is 10.6.